The van der Waals surface area contributed by atoms with Crippen LogP contribution in [0.2, 0.25) is 0 Å². The molecule has 0 aliphatic carbocycles. The van der Waals surface area contributed by atoms with E-state index in [-0.39, 0.29) is 11.5 Å². The van der Waals surface area contributed by atoms with Crippen LogP contribution in [0.4, 0.5) is 0 Å². The summed E-state index contributed by atoms with van der Waals surface area (Å²) >= 11 is 0. The van der Waals surface area contributed by atoms with Crippen molar-refractivity contribution in [2.24, 2.45) is 5.92 Å². The van der Waals surface area contributed by atoms with E-state index in [0.29, 0.717) is 43.3 Å². The Bertz CT molecular complexity index is 872. The summed E-state index contributed by atoms with van der Waals surface area (Å²) in [6, 6.07) is 14.7. The van der Waals surface area contributed by atoms with E-state index in [2.05, 4.69) is 11.1 Å². The number of pyridine rings is 1. The second-order valence-electron chi connectivity index (χ2n) is 7.41. The van der Waals surface area contributed by atoms with E-state index < -0.39 is 0 Å². The normalized spacial score (nSPS) is 20.0. The number of hydrogen-bond acceptors (Lipinski definition) is 5. The minimum absolute atomic E-state index is 0.0385. The summed E-state index contributed by atoms with van der Waals surface area (Å²) in [6.07, 6.45) is 3.68. The second kappa shape index (κ2) is 8.09. The number of aromatic nitrogens is 1. The highest BCUT2D eigenvalue weighted by atomic mass is 16.5. The zero-order chi connectivity index (χ0) is 19.4. The van der Waals surface area contributed by atoms with Gasteiger partial charge in [0.1, 0.15) is 5.60 Å². The first-order valence-electron chi connectivity index (χ1n) is 9.61. The van der Waals surface area contributed by atoms with Crippen LogP contribution in [-0.4, -0.2) is 47.7 Å². The first-order chi connectivity index (χ1) is 13.7. The quantitative estimate of drug-likeness (QED) is 0.724. The van der Waals surface area contributed by atoms with E-state index in [1.165, 1.54) is 0 Å². The molecule has 0 saturated carbocycles. The van der Waals surface area contributed by atoms with E-state index in [0.717, 1.165) is 25.1 Å². The molecule has 1 atom stereocenters. The molecule has 2 aliphatic rings. The van der Waals surface area contributed by atoms with Crippen LogP contribution < -0.4 is 0 Å². The number of carbonyl (C=O) groups is 1. The molecule has 2 saturated heterocycles. The Morgan fingerprint density at radius 1 is 1.32 bits per heavy atom. The maximum atomic E-state index is 12.7. The van der Waals surface area contributed by atoms with Crippen molar-refractivity contribution >= 4 is 5.91 Å². The summed E-state index contributed by atoms with van der Waals surface area (Å²) in [4.78, 5) is 18.8. The van der Waals surface area contributed by atoms with Crippen molar-refractivity contribution < 1.29 is 14.3 Å². The molecule has 2 aliphatic heterocycles. The summed E-state index contributed by atoms with van der Waals surface area (Å²) < 4.78 is 11.8. The minimum atomic E-state index is -0.239. The van der Waals surface area contributed by atoms with Crippen LogP contribution in [0.3, 0.4) is 0 Å². The van der Waals surface area contributed by atoms with Gasteiger partial charge in [0.25, 0.3) is 5.91 Å². The van der Waals surface area contributed by atoms with Gasteiger partial charge in [-0.25, -0.2) is 0 Å². The smallest absolute Gasteiger partial charge is 0.254 e. The lowest BCUT2D eigenvalue weighted by atomic mass is 9.79. The first kappa shape index (κ1) is 18.6. The van der Waals surface area contributed by atoms with Gasteiger partial charge in [0.2, 0.25) is 0 Å². The van der Waals surface area contributed by atoms with Crippen LogP contribution >= 0.6 is 0 Å². The van der Waals surface area contributed by atoms with Gasteiger partial charge in [-0.2, -0.15) is 5.26 Å². The van der Waals surface area contributed by atoms with E-state index in [4.69, 9.17) is 14.7 Å². The third-order valence-electron chi connectivity index (χ3n) is 5.63. The van der Waals surface area contributed by atoms with E-state index in [9.17, 15) is 4.79 Å². The maximum absolute atomic E-state index is 12.7. The van der Waals surface area contributed by atoms with Gasteiger partial charge in [-0.1, -0.05) is 12.1 Å². The molecule has 1 aromatic heterocycles. The largest absolute Gasteiger partial charge is 0.375 e. The second-order valence-corrected chi connectivity index (χ2v) is 7.41. The van der Waals surface area contributed by atoms with Crippen molar-refractivity contribution in [2.75, 3.05) is 26.3 Å². The molecule has 0 radical (unpaired) electrons. The van der Waals surface area contributed by atoms with Gasteiger partial charge in [0.05, 0.1) is 37.0 Å². The third kappa shape index (κ3) is 3.77. The molecule has 1 aromatic carbocycles. The average Bonchev–Trinajstić information content (AvgIpc) is 3.14. The minimum Gasteiger partial charge on any atom is -0.375 e. The van der Waals surface area contributed by atoms with Crippen molar-refractivity contribution in [2.45, 2.75) is 25.0 Å². The third-order valence-corrected chi connectivity index (χ3v) is 5.63. The summed E-state index contributed by atoms with van der Waals surface area (Å²) in [7, 11) is 0. The van der Waals surface area contributed by atoms with Crippen LogP contribution in [-0.2, 0) is 16.1 Å². The van der Waals surface area contributed by atoms with E-state index in [1.54, 1.807) is 30.5 Å². The molecular weight excluding hydrogens is 354 g/mol. The Balaban J connectivity index is 1.28. The lowest BCUT2D eigenvalue weighted by Crippen LogP contribution is -2.66. The Hall–Kier alpha value is -2.75. The summed E-state index contributed by atoms with van der Waals surface area (Å²) in [5.41, 5.74) is 1.75. The molecule has 6 heteroatoms. The number of benzene rings is 1. The predicted octanol–water partition coefficient (Wildman–Crippen LogP) is 2.79. The topological polar surface area (TPSA) is 75.5 Å². The molecular formula is C22H23N3O3. The Morgan fingerprint density at radius 3 is 3.00 bits per heavy atom. The van der Waals surface area contributed by atoms with Crippen molar-refractivity contribution in [1.82, 2.24) is 9.88 Å². The summed E-state index contributed by atoms with van der Waals surface area (Å²) in [5, 5.41) is 9.02. The highest BCUT2D eigenvalue weighted by molar-refractivity contribution is 5.95. The number of carbonyl (C=O) groups excluding carboxylic acids is 1. The lowest BCUT2D eigenvalue weighted by Gasteiger charge is -2.50. The number of likely N-dealkylation sites (tertiary alicyclic amines) is 1. The van der Waals surface area contributed by atoms with Gasteiger partial charge in [-0.05, 0) is 49.1 Å². The number of ether oxygens (including phenoxy) is 2. The molecule has 144 valence electrons. The zero-order valence-electron chi connectivity index (χ0n) is 15.7. The fraction of sp³-hybridized carbons (Fsp3) is 0.409. The van der Waals surface area contributed by atoms with Gasteiger partial charge < -0.3 is 14.4 Å². The molecule has 0 N–H and O–H groups in total. The highest BCUT2D eigenvalue weighted by Crippen LogP contribution is 2.42. The molecule has 2 fully saturated rings. The van der Waals surface area contributed by atoms with Gasteiger partial charge in [0.15, 0.2) is 0 Å². The SMILES string of the molecule is N#Cc1cccc(C(=O)N2CC3(C2)OCCC3CCOCc2ccccn2)c1. The number of nitrogens with zero attached hydrogens (tertiary/aromatic N) is 3. The van der Waals surface area contributed by atoms with Crippen LogP contribution in [0.15, 0.2) is 48.7 Å². The Labute approximate surface area is 164 Å². The monoisotopic (exact) mass is 377 g/mol. The molecule has 4 rings (SSSR count). The Kier molecular flexibility index (Phi) is 5.38. The standard InChI is InChI=1S/C22H23N3O3/c23-13-17-4-3-5-18(12-17)21(26)25-15-22(16-25)19(8-11-28-22)7-10-27-14-20-6-1-2-9-24-20/h1-6,9,12,19H,7-8,10-11,14-16H2. The average molecular weight is 377 g/mol. The van der Waals surface area contributed by atoms with Crippen molar-refractivity contribution in [3.63, 3.8) is 0 Å². The molecule has 6 nitrogen and oxygen atoms in total. The number of hydrogen-bond donors (Lipinski definition) is 0. The van der Waals surface area contributed by atoms with Gasteiger partial charge in [-0.3, -0.25) is 9.78 Å². The summed E-state index contributed by atoms with van der Waals surface area (Å²) in [5.74, 6) is 0.356. The first-order valence-corrected chi connectivity index (χ1v) is 9.61. The number of rotatable bonds is 6. The van der Waals surface area contributed by atoms with Crippen molar-refractivity contribution in [1.29, 1.82) is 5.26 Å². The lowest BCUT2D eigenvalue weighted by molar-refractivity contribution is -0.120. The Morgan fingerprint density at radius 2 is 2.21 bits per heavy atom. The van der Waals surface area contributed by atoms with Crippen LogP contribution in [0.25, 0.3) is 0 Å². The van der Waals surface area contributed by atoms with Crippen molar-refractivity contribution in [3.8, 4) is 6.07 Å². The summed E-state index contributed by atoms with van der Waals surface area (Å²) in [6.45, 7) is 3.11. The molecule has 1 amide bonds. The molecule has 0 bridgehead atoms. The predicted molar refractivity (Wildman–Crippen MR) is 102 cm³/mol. The molecule has 2 aromatic rings. The van der Waals surface area contributed by atoms with Crippen LogP contribution in [0.5, 0.6) is 0 Å². The van der Waals surface area contributed by atoms with E-state index >= 15 is 0 Å². The fourth-order valence-corrected chi connectivity index (χ4v) is 4.08. The van der Waals surface area contributed by atoms with Crippen LogP contribution in [0, 0.1) is 17.2 Å². The van der Waals surface area contributed by atoms with Crippen molar-refractivity contribution in [3.05, 3.63) is 65.5 Å². The molecule has 28 heavy (non-hydrogen) atoms. The maximum Gasteiger partial charge on any atom is 0.254 e. The van der Waals surface area contributed by atoms with Gasteiger partial charge >= 0.3 is 0 Å². The van der Waals surface area contributed by atoms with Gasteiger partial charge in [0, 0.05) is 25.0 Å². The van der Waals surface area contributed by atoms with Gasteiger partial charge in [-0.15, -0.1) is 0 Å². The highest BCUT2D eigenvalue weighted by Gasteiger charge is 2.54. The number of nitriles is 1. The van der Waals surface area contributed by atoms with Crippen LogP contribution in [0.1, 0.15) is 34.5 Å². The molecule has 3 heterocycles. The number of amides is 1. The fourth-order valence-electron chi connectivity index (χ4n) is 4.08. The zero-order valence-corrected chi connectivity index (χ0v) is 15.7. The molecule has 1 unspecified atom stereocenters. The molecule has 1 spiro atoms. The van der Waals surface area contributed by atoms with E-state index in [1.807, 2.05) is 23.1 Å².